The summed E-state index contributed by atoms with van der Waals surface area (Å²) in [7, 11) is 0. The monoisotopic (exact) mass is 519 g/mol. The van der Waals surface area contributed by atoms with Crippen molar-refractivity contribution in [3.8, 4) is 0 Å². The molecule has 2 N–H and O–H groups in total. The third-order valence-electron chi connectivity index (χ3n) is 7.26. The summed E-state index contributed by atoms with van der Waals surface area (Å²) in [6.45, 7) is 7.69. The van der Waals surface area contributed by atoms with Crippen molar-refractivity contribution in [2.45, 2.75) is 65.0 Å². The van der Waals surface area contributed by atoms with Gasteiger partial charge in [0.05, 0.1) is 0 Å². The first-order valence-corrected chi connectivity index (χ1v) is 13.9. The van der Waals surface area contributed by atoms with Crippen LogP contribution in [0.3, 0.4) is 0 Å². The molecule has 0 aromatic heterocycles. The maximum absolute atomic E-state index is 13.9. The number of carbonyl (C=O) groups excluding carboxylic acids is 1. The van der Waals surface area contributed by atoms with Crippen molar-refractivity contribution in [2.24, 2.45) is 0 Å². The summed E-state index contributed by atoms with van der Waals surface area (Å²) in [5.41, 5.74) is 6.08. The zero-order valence-corrected chi connectivity index (χ0v) is 22.5. The van der Waals surface area contributed by atoms with E-state index in [-0.39, 0.29) is 11.9 Å². The summed E-state index contributed by atoms with van der Waals surface area (Å²) in [5.74, 6) is -1.37. The molecule has 0 aliphatic carbocycles. The van der Waals surface area contributed by atoms with Crippen molar-refractivity contribution in [3.05, 3.63) is 100 Å². The van der Waals surface area contributed by atoms with Crippen molar-refractivity contribution in [1.29, 1.82) is 0 Å². The van der Waals surface area contributed by atoms with E-state index in [9.17, 15) is 13.6 Å². The molecule has 3 aromatic carbocycles. The van der Waals surface area contributed by atoms with Crippen molar-refractivity contribution in [1.82, 2.24) is 10.6 Å². The summed E-state index contributed by atoms with van der Waals surface area (Å²) < 4.78 is 27.7. The molecule has 0 spiro atoms. The van der Waals surface area contributed by atoms with Gasteiger partial charge in [0.1, 0.15) is 11.6 Å². The van der Waals surface area contributed by atoms with E-state index in [0.29, 0.717) is 30.5 Å². The summed E-state index contributed by atoms with van der Waals surface area (Å²) in [6, 6.07) is 17.7. The van der Waals surface area contributed by atoms with Crippen LogP contribution in [-0.4, -0.2) is 31.6 Å². The number of rotatable bonds is 13. The molecule has 202 valence electrons. The summed E-state index contributed by atoms with van der Waals surface area (Å²) in [5, 5.41) is 6.60. The van der Waals surface area contributed by atoms with Gasteiger partial charge in [-0.1, -0.05) is 50.6 Å². The summed E-state index contributed by atoms with van der Waals surface area (Å²) >= 11 is 0. The van der Waals surface area contributed by atoms with E-state index in [4.69, 9.17) is 0 Å². The highest BCUT2D eigenvalue weighted by atomic mass is 19.1. The fraction of sp³-hybridized carbons (Fsp3) is 0.406. The lowest BCUT2D eigenvalue weighted by molar-refractivity contribution is 0.0935. The van der Waals surface area contributed by atoms with Gasteiger partial charge in [-0.3, -0.25) is 4.79 Å². The Morgan fingerprint density at radius 1 is 0.974 bits per heavy atom. The minimum absolute atomic E-state index is 0.160. The molecule has 3 aromatic rings. The SMILES string of the molecule is CCCCN1CCc2ccc(C(=O)N[C@H](CCNCc3cccc(CC)c3)Cc3cc(F)cc(F)c3)cc21. The Morgan fingerprint density at radius 3 is 2.53 bits per heavy atom. The van der Waals surface area contributed by atoms with Gasteiger partial charge in [-0.2, -0.15) is 0 Å². The van der Waals surface area contributed by atoms with Gasteiger partial charge < -0.3 is 15.5 Å². The van der Waals surface area contributed by atoms with Gasteiger partial charge in [0.25, 0.3) is 5.91 Å². The maximum Gasteiger partial charge on any atom is 0.251 e. The molecule has 6 heteroatoms. The van der Waals surface area contributed by atoms with Crippen LogP contribution in [-0.2, 0) is 25.8 Å². The molecular formula is C32H39F2N3O. The Bertz CT molecular complexity index is 1210. The van der Waals surface area contributed by atoms with Crippen LogP contribution >= 0.6 is 0 Å². The molecule has 1 aliphatic heterocycles. The fourth-order valence-corrected chi connectivity index (χ4v) is 5.14. The van der Waals surface area contributed by atoms with E-state index in [1.807, 2.05) is 12.1 Å². The van der Waals surface area contributed by atoms with E-state index in [1.165, 1.54) is 28.8 Å². The topological polar surface area (TPSA) is 44.4 Å². The van der Waals surface area contributed by atoms with Gasteiger partial charge in [-0.15, -0.1) is 0 Å². The molecule has 1 heterocycles. The number of amides is 1. The minimum atomic E-state index is -0.607. The van der Waals surface area contributed by atoms with Crippen molar-refractivity contribution in [2.75, 3.05) is 24.5 Å². The van der Waals surface area contributed by atoms with Gasteiger partial charge in [-0.05, 0) is 85.2 Å². The van der Waals surface area contributed by atoms with Crippen LogP contribution in [0.1, 0.15) is 65.7 Å². The average Bonchev–Trinajstić information content (AvgIpc) is 3.31. The standard InChI is InChI=1S/C32H39F2N3O/c1-3-5-14-37-15-12-26-9-10-27(20-31(26)37)32(38)36-30(19-25-17-28(33)21-29(34)18-25)11-13-35-22-24-8-6-7-23(4-2)16-24/h6-10,16-18,20-21,30,35H,3-5,11-15,19,22H2,1-2H3,(H,36,38)/t30-/m1/s1. The molecule has 0 fully saturated rings. The van der Waals surface area contributed by atoms with Crippen molar-refractivity contribution < 1.29 is 13.6 Å². The van der Waals surface area contributed by atoms with Crippen LogP contribution in [0.2, 0.25) is 0 Å². The molecule has 4 nitrogen and oxygen atoms in total. The number of anilines is 1. The Kier molecular flexibility index (Phi) is 9.88. The van der Waals surface area contributed by atoms with Crippen LogP contribution in [0.4, 0.5) is 14.5 Å². The Morgan fingerprint density at radius 2 is 1.76 bits per heavy atom. The molecule has 0 radical (unpaired) electrons. The molecule has 0 saturated carbocycles. The lowest BCUT2D eigenvalue weighted by atomic mass is 10.0. The highest BCUT2D eigenvalue weighted by Crippen LogP contribution is 2.29. The minimum Gasteiger partial charge on any atom is -0.371 e. The van der Waals surface area contributed by atoms with Crippen LogP contribution in [0.25, 0.3) is 0 Å². The van der Waals surface area contributed by atoms with Crippen LogP contribution < -0.4 is 15.5 Å². The van der Waals surface area contributed by atoms with Gasteiger partial charge in [-0.25, -0.2) is 8.78 Å². The zero-order chi connectivity index (χ0) is 26.9. The number of nitrogens with zero attached hydrogens (tertiary/aromatic N) is 1. The van der Waals surface area contributed by atoms with E-state index in [1.54, 1.807) is 0 Å². The number of aryl methyl sites for hydroxylation is 1. The Labute approximate surface area is 225 Å². The van der Waals surface area contributed by atoms with Crippen LogP contribution in [0, 0.1) is 11.6 Å². The number of fused-ring (bicyclic) bond motifs is 1. The second-order valence-corrected chi connectivity index (χ2v) is 10.2. The number of carbonyl (C=O) groups is 1. The zero-order valence-electron chi connectivity index (χ0n) is 22.5. The normalized spacial score (nSPS) is 13.4. The van der Waals surface area contributed by atoms with Crippen molar-refractivity contribution >= 4 is 11.6 Å². The van der Waals surface area contributed by atoms with Gasteiger partial charge in [0.2, 0.25) is 0 Å². The molecule has 0 bridgehead atoms. The Hall–Kier alpha value is -3.25. The van der Waals surface area contributed by atoms with Crippen molar-refractivity contribution in [3.63, 3.8) is 0 Å². The number of benzene rings is 3. The molecule has 0 unspecified atom stereocenters. The van der Waals surface area contributed by atoms with Gasteiger partial charge >= 0.3 is 0 Å². The lowest BCUT2D eigenvalue weighted by Crippen LogP contribution is -2.38. The highest BCUT2D eigenvalue weighted by Gasteiger charge is 2.22. The van der Waals surface area contributed by atoms with E-state index in [0.717, 1.165) is 57.1 Å². The number of hydrogen-bond acceptors (Lipinski definition) is 3. The van der Waals surface area contributed by atoms with Gasteiger partial charge in [0, 0.05) is 43.0 Å². The van der Waals surface area contributed by atoms with Gasteiger partial charge in [0.15, 0.2) is 0 Å². The summed E-state index contributed by atoms with van der Waals surface area (Å²) in [6.07, 6.45) is 5.23. The number of unbranched alkanes of at least 4 members (excludes halogenated alkanes) is 1. The number of hydrogen-bond donors (Lipinski definition) is 2. The average molecular weight is 520 g/mol. The second-order valence-electron chi connectivity index (χ2n) is 10.2. The summed E-state index contributed by atoms with van der Waals surface area (Å²) in [4.78, 5) is 15.7. The molecule has 0 saturated heterocycles. The van der Waals surface area contributed by atoms with E-state index >= 15 is 0 Å². The fourth-order valence-electron chi connectivity index (χ4n) is 5.14. The highest BCUT2D eigenvalue weighted by molar-refractivity contribution is 5.95. The molecule has 4 rings (SSSR count). The first-order chi connectivity index (χ1) is 18.4. The lowest BCUT2D eigenvalue weighted by Gasteiger charge is -2.21. The van der Waals surface area contributed by atoms with E-state index < -0.39 is 11.6 Å². The molecule has 1 aliphatic rings. The van der Waals surface area contributed by atoms with E-state index in [2.05, 4.69) is 59.7 Å². The largest absolute Gasteiger partial charge is 0.371 e. The molecule has 1 amide bonds. The quantitative estimate of drug-likeness (QED) is 0.264. The maximum atomic E-state index is 13.9. The first-order valence-electron chi connectivity index (χ1n) is 13.9. The molecule has 38 heavy (non-hydrogen) atoms. The molecule has 1 atom stereocenters. The van der Waals surface area contributed by atoms with Crippen LogP contribution in [0.15, 0.2) is 60.7 Å². The second kappa shape index (κ2) is 13.5. The number of halogens is 2. The number of nitrogens with one attached hydrogen (secondary N) is 2. The first kappa shape index (κ1) is 27.8. The Balaban J connectivity index is 1.43. The van der Waals surface area contributed by atoms with Crippen LogP contribution in [0.5, 0.6) is 0 Å². The molecular weight excluding hydrogens is 480 g/mol. The predicted molar refractivity (Wildman–Crippen MR) is 151 cm³/mol. The smallest absolute Gasteiger partial charge is 0.251 e. The third kappa shape index (κ3) is 7.64. The third-order valence-corrected chi connectivity index (χ3v) is 7.26. The predicted octanol–water partition coefficient (Wildman–Crippen LogP) is 6.21.